The standard InChI is InChI=1S/C14H19NO/c1-13(10-12-16-2)15-11-6-9-14-7-4-3-5-8-14/h3-5,7-8,13,15H,10-12H2,1-2H3. The van der Waals surface area contributed by atoms with Crippen molar-refractivity contribution in [2.45, 2.75) is 19.4 Å². The first kappa shape index (κ1) is 12.8. The third kappa shape index (κ3) is 5.55. The van der Waals surface area contributed by atoms with E-state index >= 15 is 0 Å². The van der Waals surface area contributed by atoms with E-state index in [1.165, 1.54) is 0 Å². The van der Waals surface area contributed by atoms with Crippen LogP contribution in [0.25, 0.3) is 0 Å². The lowest BCUT2D eigenvalue weighted by atomic mass is 10.2. The van der Waals surface area contributed by atoms with Crippen LogP contribution in [-0.4, -0.2) is 26.3 Å². The molecule has 0 bridgehead atoms. The van der Waals surface area contributed by atoms with Gasteiger partial charge in [-0.05, 0) is 25.5 Å². The number of methoxy groups -OCH3 is 1. The topological polar surface area (TPSA) is 21.3 Å². The number of hydrogen-bond donors (Lipinski definition) is 1. The predicted molar refractivity (Wildman–Crippen MR) is 67.3 cm³/mol. The van der Waals surface area contributed by atoms with Crippen LogP contribution in [0.5, 0.6) is 0 Å². The minimum absolute atomic E-state index is 0.449. The van der Waals surface area contributed by atoms with Crippen molar-refractivity contribution in [3.63, 3.8) is 0 Å². The van der Waals surface area contributed by atoms with Crippen LogP contribution in [0.2, 0.25) is 0 Å². The zero-order valence-electron chi connectivity index (χ0n) is 9.99. The molecule has 0 aliphatic rings. The summed E-state index contributed by atoms with van der Waals surface area (Å²) in [5, 5.41) is 3.33. The Kier molecular flexibility index (Phi) is 6.32. The van der Waals surface area contributed by atoms with E-state index in [-0.39, 0.29) is 0 Å². The van der Waals surface area contributed by atoms with Crippen LogP contribution in [0.3, 0.4) is 0 Å². The highest BCUT2D eigenvalue weighted by molar-refractivity contribution is 5.33. The number of hydrogen-bond acceptors (Lipinski definition) is 2. The Morgan fingerprint density at radius 1 is 1.31 bits per heavy atom. The summed E-state index contributed by atoms with van der Waals surface area (Å²) < 4.78 is 5.01. The van der Waals surface area contributed by atoms with E-state index in [0.29, 0.717) is 6.04 Å². The number of ether oxygens (including phenoxy) is 1. The maximum absolute atomic E-state index is 5.01. The Bertz CT molecular complexity index is 337. The highest BCUT2D eigenvalue weighted by atomic mass is 16.5. The first-order chi connectivity index (χ1) is 7.83. The van der Waals surface area contributed by atoms with E-state index < -0.39 is 0 Å². The first-order valence-corrected chi connectivity index (χ1v) is 5.59. The molecule has 0 fully saturated rings. The Hall–Kier alpha value is -1.30. The van der Waals surface area contributed by atoms with Gasteiger partial charge in [0.2, 0.25) is 0 Å². The molecule has 1 atom stereocenters. The van der Waals surface area contributed by atoms with Gasteiger partial charge in [-0.2, -0.15) is 0 Å². The number of benzene rings is 1. The average Bonchev–Trinajstić information content (AvgIpc) is 2.33. The average molecular weight is 217 g/mol. The van der Waals surface area contributed by atoms with Gasteiger partial charge < -0.3 is 10.1 Å². The smallest absolute Gasteiger partial charge is 0.0582 e. The molecule has 1 N–H and O–H groups in total. The van der Waals surface area contributed by atoms with Crippen LogP contribution in [0.1, 0.15) is 18.9 Å². The summed E-state index contributed by atoms with van der Waals surface area (Å²) in [4.78, 5) is 0. The summed E-state index contributed by atoms with van der Waals surface area (Å²) in [6, 6.07) is 10.5. The zero-order chi connectivity index (χ0) is 11.6. The number of rotatable bonds is 5. The second-order valence-electron chi connectivity index (χ2n) is 3.73. The SMILES string of the molecule is COCCC(C)NCC#Cc1ccccc1. The van der Waals surface area contributed by atoms with Crippen LogP contribution in [0.15, 0.2) is 30.3 Å². The molecular formula is C14H19NO. The van der Waals surface area contributed by atoms with Crippen LogP contribution >= 0.6 is 0 Å². The van der Waals surface area contributed by atoms with Gasteiger partial charge in [-0.15, -0.1) is 0 Å². The lowest BCUT2D eigenvalue weighted by Gasteiger charge is -2.09. The molecule has 1 aromatic rings. The van der Waals surface area contributed by atoms with E-state index in [2.05, 4.69) is 24.1 Å². The van der Waals surface area contributed by atoms with Crippen molar-refractivity contribution in [3.05, 3.63) is 35.9 Å². The van der Waals surface area contributed by atoms with Crippen LogP contribution < -0.4 is 5.32 Å². The van der Waals surface area contributed by atoms with E-state index in [1.54, 1.807) is 7.11 Å². The summed E-state index contributed by atoms with van der Waals surface area (Å²) in [5.41, 5.74) is 1.06. The second kappa shape index (κ2) is 7.92. The van der Waals surface area contributed by atoms with Gasteiger partial charge in [0.05, 0.1) is 6.54 Å². The van der Waals surface area contributed by atoms with Gasteiger partial charge in [-0.3, -0.25) is 0 Å². The largest absolute Gasteiger partial charge is 0.385 e. The zero-order valence-corrected chi connectivity index (χ0v) is 9.99. The minimum Gasteiger partial charge on any atom is -0.385 e. The summed E-state index contributed by atoms with van der Waals surface area (Å²) in [5.74, 6) is 6.22. The van der Waals surface area contributed by atoms with Gasteiger partial charge in [0.25, 0.3) is 0 Å². The normalized spacial score (nSPS) is 11.6. The lowest BCUT2D eigenvalue weighted by molar-refractivity contribution is 0.185. The van der Waals surface area contributed by atoms with E-state index in [1.807, 2.05) is 30.3 Å². The molecule has 16 heavy (non-hydrogen) atoms. The molecule has 2 heteroatoms. The fourth-order valence-electron chi connectivity index (χ4n) is 1.29. The summed E-state index contributed by atoms with van der Waals surface area (Å²) in [6.45, 7) is 3.66. The van der Waals surface area contributed by atoms with Crippen molar-refractivity contribution < 1.29 is 4.74 Å². The second-order valence-corrected chi connectivity index (χ2v) is 3.73. The van der Waals surface area contributed by atoms with Crippen molar-refractivity contribution >= 4 is 0 Å². The Morgan fingerprint density at radius 2 is 2.06 bits per heavy atom. The van der Waals surface area contributed by atoms with E-state index in [4.69, 9.17) is 4.74 Å². The quantitative estimate of drug-likeness (QED) is 0.762. The van der Waals surface area contributed by atoms with Crippen molar-refractivity contribution in [1.82, 2.24) is 5.32 Å². The molecule has 0 radical (unpaired) electrons. The van der Waals surface area contributed by atoms with Crippen molar-refractivity contribution in [2.75, 3.05) is 20.3 Å². The van der Waals surface area contributed by atoms with Gasteiger partial charge in [-0.25, -0.2) is 0 Å². The van der Waals surface area contributed by atoms with Crippen molar-refractivity contribution in [3.8, 4) is 11.8 Å². The molecule has 86 valence electrons. The fraction of sp³-hybridized carbons (Fsp3) is 0.429. The van der Waals surface area contributed by atoms with Gasteiger partial charge in [-0.1, -0.05) is 30.0 Å². The van der Waals surface area contributed by atoms with Gasteiger partial charge in [0.1, 0.15) is 0 Å². The molecule has 0 saturated carbocycles. The molecule has 1 unspecified atom stereocenters. The summed E-state index contributed by atoms with van der Waals surface area (Å²) in [7, 11) is 1.72. The molecule has 0 aliphatic heterocycles. The first-order valence-electron chi connectivity index (χ1n) is 5.59. The Morgan fingerprint density at radius 3 is 2.75 bits per heavy atom. The molecule has 2 nitrogen and oxygen atoms in total. The minimum atomic E-state index is 0.449. The van der Waals surface area contributed by atoms with Crippen LogP contribution in [0, 0.1) is 11.8 Å². The molecule has 0 saturated heterocycles. The van der Waals surface area contributed by atoms with Gasteiger partial charge in [0.15, 0.2) is 0 Å². The molecule has 0 heterocycles. The van der Waals surface area contributed by atoms with E-state index in [0.717, 1.165) is 25.1 Å². The third-order valence-electron chi connectivity index (χ3n) is 2.30. The molecule has 1 aromatic carbocycles. The molecule has 0 aromatic heterocycles. The summed E-state index contributed by atoms with van der Waals surface area (Å²) in [6.07, 6.45) is 1.02. The fourth-order valence-corrected chi connectivity index (χ4v) is 1.29. The lowest BCUT2D eigenvalue weighted by Crippen LogP contribution is -2.27. The predicted octanol–water partition coefficient (Wildman–Crippen LogP) is 2.05. The van der Waals surface area contributed by atoms with Gasteiger partial charge in [0, 0.05) is 25.3 Å². The van der Waals surface area contributed by atoms with Crippen molar-refractivity contribution in [1.29, 1.82) is 0 Å². The molecule has 0 amide bonds. The van der Waals surface area contributed by atoms with E-state index in [9.17, 15) is 0 Å². The highest BCUT2D eigenvalue weighted by Gasteiger charge is 1.97. The van der Waals surface area contributed by atoms with Gasteiger partial charge >= 0.3 is 0 Å². The molecular weight excluding hydrogens is 198 g/mol. The van der Waals surface area contributed by atoms with Crippen LogP contribution in [0.4, 0.5) is 0 Å². The maximum atomic E-state index is 5.01. The Balaban J connectivity index is 2.23. The molecule has 0 spiro atoms. The Labute approximate surface area is 98.0 Å². The molecule has 1 rings (SSSR count). The van der Waals surface area contributed by atoms with Crippen LogP contribution in [-0.2, 0) is 4.74 Å². The highest BCUT2D eigenvalue weighted by Crippen LogP contribution is 1.94. The molecule has 0 aliphatic carbocycles. The monoisotopic (exact) mass is 217 g/mol. The number of nitrogens with one attached hydrogen (secondary N) is 1. The third-order valence-corrected chi connectivity index (χ3v) is 2.30. The maximum Gasteiger partial charge on any atom is 0.0582 e. The summed E-state index contributed by atoms with van der Waals surface area (Å²) >= 11 is 0. The van der Waals surface area contributed by atoms with Crippen molar-refractivity contribution in [2.24, 2.45) is 0 Å².